The van der Waals surface area contributed by atoms with Gasteiger partial charge in [0.05, 0.1) is 10.6 Å². The number of benzene rings is 2. The third-order valence-corrected chi connectivity index (χ3v) is 5.12. The van der Waals surface area contributed by atoms with Crippen molar-refractivity contribution in [3.8, 4) is 0 Å². The van der Waals surface area contributed by atoms with Crippen molar-refractivity contribution >= 4 is 15.5 Å². The van der Waals surface area contributed by atoms with Crippen LogP contribution in [0.1, 0.15) is 16.7 Å². The van der Waals surface area contributed by atoms with Gasteiger partial charge in [-0.2, -0.15) is 0 Å². The topological polar surface area (TPSA) is 60.2 Å². The molecule has 2 aromatic carbocycles. The van der Waals surface area contributed by atoms with Gasteiger partial charge in [-0.25, -0.2) is 12.8 Å². The van der Waals surface area contributed by atoms with Crippen LogP contribution in [-0.2, 0) is 15.6 Å². The summed E-state index contributed by atoms with van der Waals surface area (Å²) in [7, 11) is -3.55. The van der Waals surface area contributed by atoms with Crippen LogP contribution in [0.3, 0.4) is 0 Å². The van der Waals surface area contributed by atoms with E-state index in [2.05, 4.69) is 0 Å². The van der Waals surface area contributed by atoms with E-state index in [0.717, 1.165) is 5.56 Å². The van der Waals surface area contributed by atoms with Gasteiger partial charge in [0.15, 0.2) is 9.84 Å². The highest BCUT2D eigenvalue weighted by Gasteiger charge is 2.20. The molecule has 20 heavy (non-hydrogen) atoms. The van der Waals surface area contributed by atoms with Crippen molar-refractivity contribution in [2.24, 2.45) is 0 Å². The second kappa shape index (κ2) is 5.25. The summed E-state index contributed by atoms with van der Waals surface area (Å²) >= 11 is 0. The fourth-order valence-corrected chi connectivity index (χ4v) is 3.79. The number of nitrogens with two attached hydrogens (primary N) is 1. The average molecular weight is 293 g/mol. The Kier molecular flexibility index (Phi) is 3.81. The average Bonchev–Trinajstić information content (AvgIpc) is 2.36. The Morgan fingerprint density at radius 2 is 1.85 bits per heavy atom. The van der Waals surface area contributed by atoms with Crippen molar-refractivity contribution in [1.29, 1.82) is 0 Å². The summed E-state index contributed by atoms with van der Waals surface area (Å²) in [5.41, 5.74) is 7.91. The zero-order valence-corrected chi connectivity index (χ0v) is 12.2. The lowest BCUT2D eigenvalue weighted by Gasteiger charge is -2.11. The number of anilines is 1. The maximum Gasteiger partial charge on any atom is 0.182 e. The second-order valence-corrected chi connectivity index (χ2v) is 6.76. The van der Waals surface area contributed by atoms with Crippen LogP contribution < -0.4 is 5.73 Å². The molecule has 2 aromatic rings. The maximum absolute atomic E-state index is 13.3. The summed E-state index contributed by atoms with van der Waals surface area (Å²) in [4.78, 5) is 0.196. The van der Waals surface area contributed by atoms with Crippen molar-refractivity contribution in [2.45, 2.75) is 24.5 Å². The van der Waals surface area contributed by atoms with Crippen LogP contribution in [0.4, 0.5) is 10.1 Å². The molecule has 0 fully saturated rings. The minimum Gasteiger partial charge on any atom is -0.398 e. The molecular formula is C15H16FNO2S. The number of nitrogen functional groups attached to an aromatic ring is 1. The SMILES string of the molecule is Cc1ccc(F)cc1CS(=O)(=O)c1cccc(N)c1C. The van der Waals surface area contributed by atoms with Gasteiger partial charge in [0.1, 0.15) is 5.82 Å². The molecule has 2 rings (SSSR count). The van der Waals surface area contributed by atoms with E-state index in [1.54, 1.807) is 32.0 Å². The van der Waals surface area contributed by atoms with Crippen LogP contribution in [0.5, 0.6) is 0 Å². The summed E-state index contributed by atoms with van der Waals surface area (Å²) < 4.78 is 38.2. The molecule has 0 radical (unpaired) electrons. The number of rotatable bonds is 3. The fraction of sp³-hybridized carbons (Fsp3) is 0.200. The van der Waals surface area contributed by atoms with Crippen LogP contribution in [0.25, 0.3) is 0 Å². The molecule has 0 aliphatic carbocycles. The highest BCUT2D eigenvalue weighted by atomic mass is 32.2. The van der Waals surface area contributed by atoms with Crippen molar-refractivity contribution < 1.29 is 12.8 Å². The minimum absolute atomic E-state index is 0.196. The van der Waals surface area contributed by atoms with Crippen LogP contribution in [-0.4, -0.2) is 8.42 Å². The number of hydrogen-bond donors (Lipinski definition) is 1. The highest BCUT2D eigenvalue weighted by molar-refractivity contribution is 7.90. The third-order valence-electron chi connectivity index (χ3n) is 3.32. The van der Waals surface area contributed by atoms with Gasteiger partial charge in [0, 0.05) is 5.69 Å². The summed E-state index contributed by atoms with van der Waals surface area (Å²) in [6.45, 7) is 3.43. The minimum atomic E-state index is -3.55. The first-order chi connectivity index (χ1) is 9.31. The predicted octanol–water partition coefficient (Wildman–Crippen LogP) is 3.00. The summed E-state index contributed by atoms with van der Waals surface area (Å²) in [5.74, 6) is -0.675. The molecule has 0 saturated carbocycles. The van der Waals surface area contributed by atoms with Crippen LogP contribution in [0.15, 0.2) is 41.3 Å². The molecule has 0 aromatic heterocycles. The molecule has 0 amide bonds. The Bertz CT molecular complexity index is 754. The quantitative estimate of drug-likeness (QED) is 0.885. The normalized spacial score (nSPS) is 11.6. The van der Waals surface area contributed by atoms with E-state index in [9.17, 15) is 12.8 Å². The zero-order chi connectivity index (χ0) is 14.9. The molecule has 3 nitrogen and oxygen atoms in total. The first-order valence-corrected chi connectivity index (χ1v) is 7.79. The fourth-order valence-electron chi connectivity index (χ4n) is 2.05. The van der Waals surface area contributed by atoms with E-state index in [1.165, 1.54) is 18.2 Å². The van der Waals surface area contributed by atoms with Crippen molar-refractivity contribution in [3.63, 3.8) is 0 Å². The third kappa shape index (κ3) is 2.82. The number of aryl methyl sites for hydroxylation is 1. The molecule has 5 heteroatoms. The summed E-state index contributed by atoms with van der Waals surface area (Å²) in [5, 5.41) is 0. The van der Waals surface area contributed by atoms with Crippen LogP contribution >= 0.6 is 0 Å². The van der Waals surface area contributed by atoms with Crippen molar-refractivity contribution in [3.05, 3.63) is 58.9 Å². The van der Waals surface area contributed by atoms with Gasteiger partial charge in [-0.15, -0.1) is 0 Å². The number of halogens is 1. The van der Waals surface area contributed by atoms with Gasteiger partial charge < -0.3 is 5.73 Å². The molecule has 0 saturated heterocycles. The highest BCUT2D eigenvalue weighted by Crippen LogP contribution is 2.25. The first kappa shape index (κ1) is 14.5. The van der Waals surface area contributed by atoms with Gasteiger partial charge in [-0.3, -0.25) is 0 Å². The van der Waals surface area contributed by atoms with Crippen LogP contribution in [0, 0.1) is 19.7 Å². The first-order valence-electron chi connectivity index (χ1n) is 6.14. The Labute approximate surface area is 118 Å². The van der Waals surface area contributed by atoms with E-state index in [4.69, 9.17) is 5.73 Å². The largest absolute Gasteiger partial charge is 0.398 e. The lowest BCUT2D eigenvalue weighted by molar-refractivity contribution is 0.594. The van der Waals surface area contributed by atoms with E-state index in [-0.39, 0.29) is 10.6 Å². The Balaban J connectivity index is 2.46. The molecule has 0 aliphatic heterocycles. The molecule has 0 unspecified atom stereocenters. The number of hydrogen-bond acceptors (Lipinski definition) is 3. The lowest BCUT2D eigenvalue weighted by Crippen LogP contribution is -2.09. The molecule has 0 spiro atoms. The van der Waals surface area contributed by atoms with Gasteiger partial charge in [-0.1, -0.05) is 12.1 Å². The smallest absolute Gasteiger partial charge is 0.182 e. The standard InChI is InChI=1S/C15H16FNO2S/c1-10-6-7-13(16)8-12(10)9-20(18,19)15-5-3-4-14(17)11(15)2/h3-8H,9,17H2,1-2H3. The van der Waals surface area contributed by atoms with Crippen molar-refractivity contribution in [1.82, 2.24) is 0 Å². The Morgan fingerprint density at radius 3 is 2.55 bits per heavy atom. The summed E-state index contributed by atoms with van der Waals surface area (Å²) in [6, 6.07) is 8.93. The van der Waals surface area contributed by atoms with E-state index >= 15 is 0 Å². The molecular weight excluding hydrogens is 277 g/mol. The second-order valence-electron chi connectivity index (χ2n) is 4.80. The van der Waals surface area contributed by atoms with Gasteiger partial charge in [0.2, 0.25) is 0 Å². The Hall–Kier alpha value is -1.88. The molecule has 106 valence electrons. The van der Waals surface area contributed by atoms with Gasteiger partial charge in [0.25, 0.3) is 0 Å². The van der Waals surface area contributed by atoms with E-state index in [0.29, 0.717) is 16.8 Å². The lowest BCUT2D eigenvalue weighted by atomic mass is 10.1. The van der Waals surface area contributed by atoms with Crippen LogP contribution in [0.2, 0.25) is 0 Å². The molecule has 0 heterocycles. The Morgan fingerprint density at radius 1 is 1.15 bits per heavy atom. The van der Waals surface area contributed by atoms with Gasteiger partial charge >= 0.3 is 0 Å². The molecule has 0 atom stereocenters. The molecule has 0 bridgehead atoms. The van der Waals surface area contributed by atoms with E-state index in [1.807, 2.05) is 0 Å². The number of sulfone groups is 1. The predicted molar refractivity (Wildman–Crippen MR) is 77.6 cm³/mol. The molecule has 0 aliphatic rings. The summed E-state index contributed by atoms with van der Waals surface area (Å²) in [6.07, 6.45) is 0. The van der Waals surface area contributed by atoms with E-state index < -0.39 is 15.7 Å². The monoisotopic (exact) mass is 293 g/mol. The zero-order valence-electron chi connectivity index (χ0n) is 11.4. The van der Waals surface area contributed by atoms with Crippen molar-refractivity contribution in [2.75, 3.05) is 5.73 Å². The molecule has 2 N–H and O–H groups in total. The van der Waals surface area contributed by atoms with Gasteiger partial charge in [-0.05, 0) is 54.8 Å². The maximum atomic E-state index is 13.3.